The third-order valence-electron chi connectivity index (χ3n) is 3.18. The van der Waals surface area contributed by atoms with Crippen molar-refractivity contribution < 1.29 is 13.5 Å². The third-order valence-corrected chi connectivity index (χ3v) is 3.18. The van der Waals surface area contributed by atoms with Crippen LogP contribution in [0.2, 0.25) is 0 Å². The number of hydrogen-bond acceptors (Lipinski definition) is 4. The van der Waals surface area contributed by atoms with Gasteiger partial charge in [-0.15, -0.1) is 0 Å². The Morgan fingerprint density at radius 2 is 2.10 bits per heavy atom. The summed E-state index contributed by atoms with van der Waals surface area (Å²) >= 11 is 0. The number of hydrogen-bond donors (Lipinski definition) is 1. The molecule has 0 aliphatic rings. The Kier molecular flexibility index (Phi) is 4.73. The van der Waals surface area contributed by atoms with Crippen molar-refractivity contribution in [2.24, 2.45) is 0 Å². The van der Waals surface area contributed by atoms with E-state index in [1.54, 1.807) is 7.11 Å². The number of fused-ring (bicyclic) bond motifs is 1. The number of benzene rings is 1. The smallest absolute Gasteiger partial charge is 0.198 e. The van der Waals surface area contributed by atoms with E-state index in [9.17, 15) is 4.39 Å². The summed E-state index contributed by atoms with van der Waals surface area (Å²) < 4.78 is 24.6. The van der Waals surface area contributed by atoms with Gasteiger partial charge in [-0.25, -0.2) is 9.37 Å². The summed E-state index contributed by atoms with van der Waals surface area (Å²) in [6.07, 6.45) is 0.128. The average Bonchev–Trinajstić information content (AvgIpc) is 2.83. The number of nitrogens with zero attached hydrogens (tertiary/aromatic N) is 1. The lowest BCUT2D eigenvalue weighted by molar-refractivity contribution is 0.117. The quantitative estimate of drug-likeness (QED) is 0.882. The molecule has 0 unspecified atom stereocenters. The summed E-state index contributed by atoms with van der Waals surface area (Å²) in [5.74, 6) is 0.349. The minimum absolute atomic E-state index is 0.128. The molecule has 0 spiro atoms. The summed E-state index contributed by atoms with van der Waals surface area (Å²) in [5.41, 5.74) is 1.66. The lowest BCUT2D eigenvalue weighted by atomic mass is 10.2. The molecule has 1 atom stereocenters. The number of aromatic nitrogens is 1. The molecule has 1 aromatic heterocycles. The fraction of sp³-hybridized carbons (Fsp3) is 0.533. The summed E-state index contributed by atoms with van der Waals surface area (Å²) in [6.45, 7) is 7.20. The molecule has 0 fully saturated rings. The fourth-order valence-corrected chi connectivity index (χ4v) is 1.92. The lowest BCUT2D eigenvalue weighted by Gasteiger charge is -2.10. The van der Waals surface area contributed by atoms with Crippen LogP contribution in [0, 0.1) is 5.82 Å². The summed E-state index contributed by atoms with van der Waals surface area (Å²) in [5, 5.41) is 3.22. The van der Waals surface area contributed by atoms with E-state index < -0.39 is 0 Å². The van der Waals surface area contributed by atoms with Gasteiger partial charge < -0.3 is 14.5 Å². The van der Waals surface area contributed by atoms with Crippen molar-refractivity contribution in [3.8, 4) is 0 Å². The number of ether oxygens (including phenoxy) is 1. The second-order valence-electron chi connectivity index (χ2n) is 5.31. The molecule has 0 aliphatic carbocycles. The minimum atomic E-state index is -0.363. The van der Waals surface area contributed by atoms with Gasteiger partial charge in [-0.3, -0.25) is 0 Å². The van der Waals surface area contributed by atoms with Crippen LogP contribution in [0.25, 0.3) is 11.1 Å². The van der Waals surface area contributed by atoms with Crippen LogP contribution in [0.4, 0.5) is 4.39 Å². The van der Waals surface area contributed by atoms with Crippen LogP contribution in [0.3, 0.4) is 0 Å². The normalized spacial score (nSPS) is 13.3. The largest absolute Gasteiger partial charge is 0.437 e. The molecule has 1 heterocycles. The van der Waals surface area contributed by atoms with Crippen molar-refractivity contribution in [3.05, 3.63) is 29.4 Å². The van der Waals surface area contributed by atoms with Gasteiger partial charge >= 0.3 is 0 Å². The van der Waals surface area contributed by atoms with E-state index in [0.29, 0.717) is 24.5 Å². The van der Waals surface area contributed by atoms with E-state index in [1.165, 1.54) is 6.07 Å². The van der Waals surface area contributed by atoms with Crippen molar-refractivity contribution in [2.75, 3.05) is 13.7 Å². The zero-order valence-electron chi connectivity index (χ0n) is 12.4. The fourth-order valence-electron chi connectivity index (χ4n) is 1.92. The molecule has 0 amide bonds. The molecular formula is C15H21FN2O2. The first-order valence-electron chi connectivity index (χ1n) is 6.83. The Hall–Kier alpha value is -1.46. The van der Waals surface area contributed by atoms with Gasteiger partial charge in [0, 0.05) is 26.1 Å². The van der Waals surface area contributed by atoms with Crippen LogP contribution < -0.4 is 5.32 Å². The van der Waals surface area contributed by atoms with E-state index in [0.717, 1.165) is 5.56 Å². The van der Waals surface area contributed by atoms with Crippen LogP contribution in [-0.4, -0.2) is 24.7 Å². The van der Waals surface area contributed by atoms with E-state index >= 15 is 0 Å². The second-order valence-corrected chi connectivity index (χ2v) is 5.31. The molecule has 0 saturated carbocycles. The first-order valence-corrected chi connectivity index (χ1v) is 6.83. The van der Waals surface area contributed by atoms with Crippen molar-refractivity contribution in [1.29, 1.82) is 0 Å². The van der Waals surface area contributed by atoms with E-state index in [4.69, 9.17) is 9.15 Å². The first kappa shape index (κ1) is 14.9. The highest BCUT2D eigenvalue weighted by Gasteiger charge is 2.14. The highest BCUT2D eigenvalue weighted by Crippen LogP contribution is 2.24. The van der Waals surface area contributed by atoms with E-state index in [-0.39, 0.29) is 23.4 Å². The predicted molar refractivity (Wildman–Crippen MR) is 76.2 cm³/mol. The lowest BCUT2D eigenvalue weighted by Crippen LogP contribution is -2.25. The maximum absolute atomic E-state index is 14.0. The molecule has 0 aliphatic heterocycles. The highest BCUT2D eigenvalue weighted by molar-refractivity contribution is 5.74. The van der Waals surface area contributed by atoms with E-state index in [2.05, 4.69) is 10.3 Å². The Labute approximate surface area is 118 Å². The average molecular weight is 280 g/mol. The minimum Gasteiger partial charge on any atom is -0.437 e. The predicted octanol–water partition coefficient (Wildman–Crippen LogP) is 3.21. The summed E-state index contributed by atoms with van der Waals surface area (Å²) in [4.78, 5) is 4.33. The molecule has 1 aromatic carbocycles. The van der Waals surface area contributed by atoms with Gasteiger partial charge in [-0.05, 0) is 24.6 Å². The van der Waals surface area contributed by atoms with Crippen molar-refractivity contribution >= 4 is 11.1 Å². The molecule has 4 nitrogen and oxygen atoms in total. The molecule has 0 radical (unpaired) electrons. The molecule has 0 saturated heterocycles. The Bertz CT molecular complexity index is 581. The Morgan fingerprint density at radius 3 is 2.75 bits per heavy atom. The SMILES string of the molecule is CO[C@H](C)CNCc1cc(F)c2oc(C(C)C)nc2c1. The maximum atomic E-state index is 14.0. The number of nitrogens with one attached hydrogen (secondary N) is 1. The van der Waals surface area contributed by atoms with Gasteiger partial charge in [0.05, 0.1) is 6.10 Å². The van der Waals surface area contributed by atoms with Crippen LogP contribution in [0.5, 0.6) is 0 Å². The number of rotatable bonds is 6. The van der Waals surface area contributed by atoms with Gasteiger partial charge in [0.2, 0.25) is 0 Å². The van der Waals surface area contributed by atoms with Crippen LogP contribution >= 0.6 is 0 Å². The molecule has 20 heavy (non-hydrogen) atoms. The molecule has 110 valence electrons. The molecule has 2 rings (SSSR count). The maximum Gasteiger partial charge on any atom is 0.198 e. The van der Waals surface area contributed by atoms with Crippen molar-refractivity contribution in [2.45, 2.75) is 39.3 Å². The molecule has 1 N–H and O–H groups in total. The second kappa shape index (κ2) is 6.33. The molecule has 2 aromatic rings. The third kappa shape index (κ3) is 3.35. The van der Waals surface area contributed by atoms with Gasteiger partial charge in [0.1, 0.15) is 5.52 Å². The standard InChI is InChI=1S/C15H21FN2O2/c1-9(2)15-18-13-6-11(5-12(16)14(13)20-15)8-17-7-10(3)19-4/h5-6,9-10,17H,7-8H2,1-4H3/t10-/m1/s1. The van der Waals surface area contributed by atoms with Gasteiger partial charge in [0.25, 0.3) is 0 Å². The first-order chi connectivity index (χ1) is 9.51. The van der Waals surface area contributed by atoms with Crippen LogP contribution in [0.15, 0.2) is 16.5 Å². The molecular weight excluding hydrogens is 259 g/mol. The van der Waals surface area contributed by atoms with Crippen LogP contribution in [0.1, 0.15) is 38.1 Å². The van der Waals surface area contributed by atoms with Crippen molar-refractivity contribution in [1.82, 2.24) is 10.3 Å². The van der Waals surface area contributed by atoms with E-state index in [1.807, 2.05) is 26.8 Å². The van der Waals surface area contributed by atoms with Crippen molar-refractivity contribution in [3.63, 3.8) is 0 Å². The van der Waals surface area contributed by atoms with Crippen LogP contribution in [-0.2, 0) is 11.3 Å². The molecule has 5 heteroatoms. The number of oxazole rings is 1. The summed E-state index contributed by atoms with van der Waals surface area (Å²) in [6, 6.07) is 3.35. The van der Waals surface area contributed by atoms with Gasteiger partial charge in [-0.1, -0.05) is 13.8 Å². The van der Waals surface area contributed by atoms with Gasteiger partial charge in [-0.2, -0.15) is 0 Å². The van der Waals surface area contributed by atoms with Gasteiger partial charge in [0.15, 0.2) is 17.3 Å². The topological polar surface area (TPSA) is 47.3 Å². The molecule has 0 bridgehead atoms. The monoisotopic (exact) mass is 280 g/mol. The summed E-state index contributed by atoms with van der Waals surface area (Å²) in [7, 11) is 1.67. The zero-order chi connectivity index (χ0) is 14.7. The zero-order valence-corrected chi connectivity index (χ0v) is 12.4. The Balaban J connectivity index is 2.15. The number of methoxy groups -OCH3 is 1. The Morgan fingerprint density at radius 1 is 1.35 bits per heavy atom. The number of halogens is 1. The highest BCUT2D eigenvalue weighted by atomic mass is 19.1.